The van der Waals surface area contributed by atoms with Crippen LogP contribution in [0, 0.1) is 5.92 Å². The van der Waals surface area contributed by atoms with E-state index in [4.69, 9.17) is 0 Å². The van der Waals surface area contributed by atoms with Crippen molar-refractivity contribution in [2.45, 2.75) is 13.0 Å². The fourth-order valence-electron chi connectivity index (χ4n) is 4.13. The highest BCUT2D eigenvalue weighted by Crippen LogP contribution is 2.23. The molecule has 1 atom stereocenters. The van der Waals surface area contributed by atoms with E-state index in [2.05, 4.69) is 0 Å². The number of rotatable bonds is 6. The second-order valence-corrected chi connectivity index (χ2v) is 9.96. The Kier molecular flexibility index (Phi) is 6.72. The third-order valence-corrected chi connectivity index (χ3v) is 7.49. The first-order valence-corrected chi connectivity index (χ1v) is 12.3. The quantitative estimate of drug-likeness (QED) is 0.672. The van der Waals surface area contributed by atoms with Crippen LogP contribution in [0.15, 0.2) is 66.1 Å². The van der Waals surface area contributed by atoms with Crippen molar-refractivity contribution in [2.75, 3.05) is 32.7 Å². The molecule has 2 aliphatic heterocycles. The van der Waals surface area contributed by atoms with E-state index < -0.39 is 10.0 Å². The molecule has 168 valence electrons. The predicted octanol–water partition coefficient (Wildman–Crippen LogP) is 2.18. The minimum absolute atomic E-state index is 0.0144. The van der Waals surface area contributed by atoms with E-state index in [1.165, 1.54) is 9.71 Å². The van der Waals surface area contributed by atoms with E-state index >= 15 is 0 Å². The maximum Gasteiger partial charge on any atom is 0.236 e. The topological polar surface area (TPSA) is 78.0 Å². The standard InChI is InChI=1S/C24H27N3O4S/c28-23-17-22(19-26(23)18-21-9-5-2-6-10-21)24(29)25-12-14-27(15-13-25)32(30,31)16-11-20-7-3-1-4-8-20/h1-11,16,22H,12-15,17-19H2/b16-11+/t22-/m1/s1. The average Bonchev–Trinajstić information content (AvgIpc) is 3.19. The minimum atomic E-state index is -3.55. The Hall–Kier alpha value is -2.97. The van der Waals surface area contributed by atoms with Gasteiger partial charge in [-0.05, 0) is 17.2 Å². The summed E-state index contributed by atoms with van der Waals surface area (Å²) in [5.41, 5.74) is 1.85. The van der Waals surface area contributed by atoms with Gasteiger partial charge in [-0.15, -0.1) is 0 Å². The number of piperazine rings is 1. The first kappa shape index (κ1) is 22.2. The van der Waals surface area contributed by atoms with Gasteiger partial charge in [-0.1, -0.05) is 60.7 Å². The second-order valence-electron chi connectivity index (χ2n) is 8.14. The molecule has 0 aromatic heterocycles. The van der Waals surface area contributed by atoms with Gasteiger partial charge in [-0.2, -0.15) is 4.31 Å². The summed E-state index contributed by atoms with van der Waals surface area (Å²) in [6.07, 6.45) is 1.79. The van der Waals surface area contributed by atoms with Gasteiger partial charge in [0.05, 0.1) is 5.92 Å². The third-order valence-electron chi connectivity index (χ3n) is 5.92. The van der Waals surface area contributed by atoms with Gasteiger partial charge < -0.3 is 9.80 Å². The van der Waals surface area contributed by atoms with Crippen molar-refractivity contribution in [3.63, 3.8) is 0 Å². The molecule has 2 fully saturated rings. The van der Waals surface area contributed by atoms with Gasteiger partial charge in [0.15, 0.2) is 0 Å². The summed E-state index contributed by atoms with van der Waals surface area (Å²) in [7, 11) is -3.55. The number of carbonyl (C=O) groups excluding carboxylic acids is 2. The van der Waals surface area contributed by atoms with Crippen molar-refractivity contribution >= 4 is 27.9 Å². The molecule has 8 heteroatoms. The molecule has 0 bridgehead atoms. The van der Waals surface area contributed by atoms with Crippen molar-refractivity contribution in [1.82, 2.24) is 14.1 Å². The highest BCUT2D eigenvalue weighted by Gasteiger charge is 2.38. The van der Waals surface area contributed by atoms with E-state index in [1.54, 1.807) is 15.9 Å². The molecule has 2 aromatic carbocycles. The van der Waals surface area contributed by atoms with Gasteiger partial charge in [0.2, 0.25) is 21.8 Å². The van der Waals surface area contributed by atoms with Crippen molar-refractivity contribution in [2.24, 2.45) is 5.92 Å². The fourth-order valence-corrected chi connectivity index (χ4v) is 5.30. The number of sulfonamides is 1. The smallest absolute Gasteiger partial charge is 0.236 e. The van der Waals surface area contributed by atoms with Crippen LogP contribution in [0.1, 0.15) is 17.5 Å². The molecular formula is C24H27N3O4S. The van der Waals surface area contributed by atoms with Crippen LogP contribution in [0.3, 0.4) is 0 Å². The summed E-state index contributed by atoms with van der Waals surface area (Å²) in [6, 6.07) is 19.0. The molecule has 0 aliphatic carbocycles. The van der Waals surface area contributed by atoms with Crippen LogP contribution in [0.5, 0.6) is 0 Å². The molecule has 0 unspecified atom stereocenters. The number of benzene rings is 2. The average molecular weight is 454 g/mol. The number of likely N-dealkylation sites (tertiary alicyclic amines) is 1. The maximum absolute atomic E-state index is 13.0. The van der Waals surface area contributed by atoms with E-state index in [0.717, 1.165) is 11.1 Å². The molecule has 7 nitrogen and oxygen atoms in total. The molecule has 4 rings (SSSR count). The van der Waals surface area contributed by atoms with E-state index in [-0.39, 0.29) is 37.2 Å². The second kappa shape index (κ2) is 9.67. The highest BCUT2D eigenvalue weighted by molar-refractivity contribution is 7.92. The number of nitrogens with zero attached hydrogens (tertiary/aromatic N) is 3. The predicted molar refractivity (Wildman–Crippen MR) is 123 cm³/mol. The Balaban J connectivity index is 1.31. The Morgan fingerprint density at radius 3 is 2.22 bits per heavy atom. The summed E-state index contributed by atoms with van der Waals surface area (Å²) in [5.74, 6) is -0.447. The van der Waals surface area contributed by atoms with Crippen molar-refractivity contribution < 1.29 is 18.0 Å². The maximum atomic E-state index is 13.0. The number of carbonyl (C=O) groups is 2. The van der Waals surface area contributed by atoms with Gasteiger partial charge in [0, 0.05) is 51.1 Å². The highest BCUT2D eigenvalue weighted by atomic mass is 32.2. The largest absolute Gasteiger partial charge is 0.340 e. The molecule has 2 heterocycles. The molecule has 2 amide bonds. The number of amides is 2. The lowest BCUT2D eigenvalue weighted by Gasteiger charge is -2.34. The van der Waals surface area contributed by atoms with Crippen molar-refractivity contribution in [3.05, 3.63) is 77.2 Å². The molecular weight excluding hydrogens is 426 g/mol. The number of hydrogen-bond donors (Lipinski definition) is 0. The van der Waals surface area contributed by atoms with Gasteiger partial charge in [0.25, 0.3) is 0 Å². The van der Waals surface area contributed by atoms with Crippen LogP contribution < -0.4 is 0 Å². The Morgan fingerprint density at radius 1 is 0.938 bits per heavy atom. The lowest BCUT2D eigenvalue weighted by molar-refractivity contribution is -0.137. The molecule has 0 N–H and O–H groups in total. The summed E-state index contributed by atoms with van der Waals surface area (Å²) < 4.78 is 26.7. The van der Waals surface area contributed by atoms with Crippen LogP contribution in [-0.2, 0) is 26.2 Å². The number of hydrogen-bond acceptors (Lipinski definition) is 4. The van der Waals surface area contributed by atoms with Crippen LogP contribution in [0.2, 0.25) is 0 Å². The van der Waals surface area contributed by atoms with Gasteiger partial charge in [-0.3, -0.25) is 9.59 Å². The van der Waals surface area contributed by atoms with E-state index in [1.807, 2.05) is 60.7 Å². The molecule has 0 spiro atoms. The van der Waals surface area contributed by atoms with Gasteiger partial charge in [0.1, 0.15) is 0 Å². The van der Waals surface area contributed by atoms with E-state index in [0.29, 0.717) is 26.2 Å². The lowest BCUT2D eigenvalue weighted by atomic mass is 10.1. The summed E-state index contributed by atoms with van der Waals surface area (Å²) in [4.78, 5) is 28.8. The van der Waals surface area contributed by atoms with Gasteiger partial charge >= 0.3 is 0 Å². The third kappa shape index (κ3) is 5.26. The molecule has 0 saturated carbocycles. The lowest BCUT2D eigenvalue weighted by Crippen LogP contribution is -2.51. The van der Waals surface area contributed by atoms with Gasteiger partial charge in [-0.25, -0.2) is 8.42 Å². The zero-order valence-corrected chi connectivity index (χ0v) is 18.7. The minimum Gasteiger partial charge on any atom is -0.340 e. The fraction of sp³-hybridized carbons (Fsp3) is 0.333. The molecule has 2 saturated heterocycles. The van der Waals surface area contributed by atoms with Crippen molar-refractivity contribution in [3.8, 4) is 0 Å². The normalized spacial score (nSPS) is 20.2. The first-order chi connectivity index (χ1) is 15.4. The molecule has 0 radical (unpaired) electrons. The first-order valence-electron chi connectivity index (χ1n) is 10.8. The van der Waals surface area contributed by atoms with E-state index in [9.17, 15) is 18.0 Å². The monoisotopic (exact) mass is 453 g/mol. The van der Waals surface area contributed by atoms with Crippen LogP contribution in [0.4, 0.5) is 0 Å². The zero-order chi connectivity index (χ0) is 22.6. The summed E-state index contributed by atoms with van der Waals surface area (Å²) in [5, 5.41) is 1.22. The molecule has 32 heavy (non-hydrogen) atoms. The summed E-state index contributed by atoms with van der Waals surface area (Å²) >= 11 is 0. The zero-order valence-electron chi connectivity index (χ0n) is 17.8. The van der Waals surface area contributed by atoms with Crippen LogP contribution in [-0.4, -0.2) is 67.1 Å². The Labute approximate surface area is 189 Å². The Bertz CT molecular complexity index is 1080. The van der Waals surface area contributed by atoms with Crippen LogP contribution >= 0.6 is 0 Å². The SMILES string of the molecule is O=C1C[C@@H](C(=O)N2CCN(S(=O)(=O)/C=C/c3ccccc3)CC2)CN1Cc1ccccc1. The van der Waals surface area contributed by atoms with Crippen LogP contribution in [0.25, 0.3) is 6.08 Å². The van der Waals surface area contributed by atoms with Crippen molar-refractivity contribution in [1.29, 1.82) is 0 Å². The Morgan fingerprint density at radius 2 is 1.56 bits per heavy atom. The molecule has 2 aliphatic rings. The summed E-state index contributed by atoms with van der Waals surface area (Å²) in [6.45, 7) is 2.08. The molecule has 2 aromatic rings.